The fourth-order valence-corrected chi connectivity index (χ4v) is 2.36. The number of rotatable bonds is 10. The highest BCUT2D eigenvalue weighted by molar-refractivity contribution is 5.97. The molecular formula is C19H22F3N5O7. The molecule has 0 aliphatic carbocycles. The average Bonchev–Trinajstić information content (AvgIpc) is 2.72. The van der Waals surface area contributed by atoms with E-state index in [1.54, 1.807) is 12.1 Å². The Bertz CT molecular complexity index is 940. The third kappa shape index (κ3) is 9.62. The number of nitrogens with two attached hydrogens (primary N) is 1. The second-order valence-electron chi connectivity index (χ2n) is 6.99. The number of pyridine rings is 1. The maximum absolute atomic E-state index is 12.3. The molecule has 186 valence electrons. The molecule has 0 spiro atoms. The summed E-state index contributed by atoms with van der Waals surface area (Å²) in [5, 5.41) is 6.51. The van der Waals surface area contributed by atoms with Gasteiger partial charge in [0.15, 0.2) is 0 Å². The fourth-order valence-electron chi connectivity index (χ4n) is 2.36. The van der Waals surface area contributed by atoms with Gasteiger partial charge in [0.05, 0.1) is 12.8 Å². The first-order valence-corrected chi connectivity index (χ1v) is 9.60. The Kier molecular flexibility index (Phi) is 10.1. The Hall–Kier alpha value is -4.04. The number of nitrogens with zero attached hydrogens (tertiary/aromatic N) is 1. The van der Waals surface area contributed by atoms with Gasteiger partial charge in [-0.1, -0.05) is 0 Å². The number of nitrogens with one attached hydrogen (secondary N) is 3. The van der Waals surface area contributed by atoms with Crippen molar-refractivity contribution in [2.24, 2.45) is 5.73 Å². The molecule has 3 atom stereocenters. The first kappa shape index (κ1) is 28.0. The van der Waals surface area contributed by atoms with Gasteiger partial charge in [0.25, 0.3) is 0 Å². The van der Waals surface area contributed by atoms with E-state index in [4.69, 9.17) is 5.73 Å². The first-order chi connectivity index (χ1) is 15.7. The zero-order chi connectivity index (χ0) is 26.1. The molecule has 4 amide bonds. The lowest BCUT2D eigenvalue weighted by molar-refractivity contribution is -0.202. The SMILES string of the molecule is CC(NC(=O)Cc1ccncc1)C(=O)NC(C)C(=O)NC(CC(N)=O)C(=O)OC(=O)C(F)(F)F. The van der Waals surface area contributed by atoms with Crippen molar-refractivity contribution < 1.29 is 46.7 Å². The van der Waals surface area contributed by atoms with Crippen molar-refractivity contribution in [1.29, 1.82) is 0 Å². The molecule has 1 heterocycles. The highest BCUT2D eigenvalue weighted by Crippen LogP contribution is 2.17. The molecule has 0 aromatic carbocycles. The monoisotopic (exact) mass is 489 g/mol. The minimum atomic E-state index is -5.49. The number of esters is 2. The molecule has 1 rings (SSSR count). The number of alkyl halides is 3. The number of halogens is 3. The molecule has 15 heteroatoms. The normalized spacial score (nSPS) is 13.6. The highest BCUT2D eigenvalue weighted by Gasteiger charge is 2.43. The first-order valence-electron chi connectivity index (χ1n) is 9.60. The van der Waals surface area contributed by atoms with E-state index in [9.17, 15) is 41.9 Å². The molecule has 0 saturated carbocycles. The van der Waals surface area contributed by atoms with Crippen LogP contribution in [0.4, 0.5) is 13.2 Å². The quantitative estimate of drug-likeness (QED) is 0.229. The predicted molar refractivity (Wildman–Crippen MR) is 106 cm³/mol. The van der Waals surface area contributed by atoms with Crippen LogP contribution in [-0.2, 0) is 39.9 Å². The van der Waals surface area contributed by atoms with Gasteiger partial charge in [0.2, 0.25) is 23.6 Å². The van der Waals surface area contributed by atoms with Crippen molar-refractivity contribution >= 4 is 35.6 Å². The van der Waals surface area contributed by atoms with Gasteiger partial charge in [0, 0.05) is 12.4 Å². The average molecular weight is 489 g/mol. The summed E-state index contributed by atoms with van der Waals surface area (Å²) in [4.78, 5) is 74.0. The molecule has 3 unspecified atom stereocenters. The van der Waals surface area contributed by atoms with E-state index >= 15 is 0 Å². The standard InChI is InChI=1S/C19H22F3N5O7/c1-9(25-14(29)7-11-3-5-24-6-4-11)15(30)26-10(2)16(31)27-12(8-13(23)28)17(32)34-18(33)19(20,21)22/h3-6,9-10,12H,7-8H2,1-2H3,(H2,23,28)(H,25,29)(H,26,30)(H,27,31). The summed E-state index contributed by atoms with van der Waals surface area (Å²) < 4.78 is 40.4. The van der Waals surface area contributed by atoms with E-state index < -0.39 is 66.3 Å². The molecular weight excluding hydrogens is 467 g/mol. The number of primary amides is 1. The lowest BCUT2D eigenvalue weighted by Gasteiger charge is -2.21. The number of amides is 4. The van der Waals surface area contributed by atoms with E-state index in [-0.39, 0.29) is 6.42 Å². The summed E-state index contributed by atoms with van der Waals surface area (Å²) in [6, 6.07) is -1.26. The number of ether oxygens (including phenoxy) is 1. The van der Waals surface area contributed by atoms with Crippen LogP contribution in [0.1, 0.15) is 25.8 Å². The van der Waals surface area contributed by atoms with Crippen LogP contribution in [-0.4, -0.2) is 64.9 Å². The molecule has 0 fully saturated rings. The largest absolute Gasteiger partial charge is 0.491 e. The molecule has 12 nitrogen and oxygen atoms in total. The van der Waals surface area contributed by atoms with Crippen LogP contribution in [0.5, 0.6) is 0 Å². The maximum atomic E-state index is 12.3. The van der Waals surface area contributed by atoms with E-state index in [1.165, 1.54) is 19.3 Å². The van der Waals surface area contributed by atoms with E-state index in [1.807, 2.05) is 5.32 Å². The van der Waals surface area contributed by atoms with Gasteiger partial charge in [0.1, 0.15) is 18.1 Å². The van der Waals surface area contributed by atoms with Crippen LogP contribution < -0.4 is 21.7 Å². The number of hydrogen-bond donors (Lipinski definition) is 4. The van der Waals surface area contributed by atoms with E-state index in [0.29, 0.717) is 5.56 Å². The molecule has 0 saturated heterocycles. The number of aromatic nitrogens is 1. The van der Waals surface area contributed by atoms with Crippen LogP contribution in [0.2, 0.25) is 0 Å². The number of hydrogen-bond acceptors (Lipinski definition) is 8. The Labute approximate surface area is 190 Å². The predicted octanol–water partition coefficient (Wildman–Crippen LogP) is -1.37. The van der Waals surface area contributed by atoms with Gasteiger partial charge >= 0.3 is 18.1 Å². The van der Waals surface area contributed by atoms with Crippen molar-refractivity contribution in [2.45, 2.75) is 51.0 Å². The summed E-state index contributed by atoms with van der Waals surface area (Å²) in [6.07, 6.45) is -3.53. The second kappa shape index (κ2) is 12.3. The smallest absolute Gasteiger partial charge is 0.385 e. The van der Waals surface area contributed by atoms with Crippen LogP contribution in [0.25, 0.3) is 0 Å². The van der Waals surface area contributed by atoms with Crippen molar-refractivity contribution in [1.82, 2.24) is 20.9 Å². The van der Waals surface area contributed by atoms with Gasteiger partial charge in [-0.15, -0.1) is 0 Å². The molecule has 5 N–H and O–H groups in total. The number of carbonyl (C=O) groups is 6. The summed E-state index contributed by atoms with van der Waals surface area (Å²) in [5.41, 5.74) is 5.55. The molecule has 1 aromatic rings. The van der Waals surface area contributed by atoms with Crippen molar-refractivity contribution in [3.05, 3.63) is 30.1 Å². The third-order valence-corrected chi connectivity index (χ3v) is 4.07. The third-order valence-electron chi connectivity index (χ3n) is 4.07. The van der Waals surface area contributed by atoms with E-state index in [2.05, 4.69) is 20.4 Å². The van der Waals surface area contributed by atoms with Crippen LogP contribution in [0, 0.1) is 0 Å². The summed E-state index contributed by atoms with van der Waals surface area (Å²) in [5.74, 6) is -8.31. The Morgan fingerprint density at radius 1 is 0.971 bits per heavy atom. The summed E-state index contributed by atoms with van der Waals surface area (Å²) >= 11 is 0. The van der Waals surface area contributed by atoms with Crippen LogP contribution in [0.15, 0.2) is 24.5 Å². The molecule has 34 heavy (non-hydrogen) atoms. The lowest BCUT2D eigenvalue weighted by atomic mass is 10.1. The van der Waals surface area contributed by atoms with Gasteiger partial charge < -0.3 is 26.4 Å². The van der Waals surface area contributed by atoms with Crippen molar-refractivity contribution in [3.63, 3.8) is 0 Å². The Balaban J connectivity index is 2.67. The lowest BCUT2D eigenvalue weighted by Crippen LogP contribution is -2.55. The fraction of sp³-hybridized carbons (Fsp3) is 0.421. The van der Waals surface area contributed by atoms with Gasteiger partial charge in [-0.2, -0.15) is 13.2 Å². The highest BCUT2D eigenvalue weighted by atomic mass is 19.4. The maximum Gasteiger partial charge on any atom is 0.491 e. The second-order valence-corrected chi connectivity index (χ2v) is 6.99. The zero-order valence-electron chi connectivity index (χ0n) is 18.0. The minimum absolute atomic E-state index is 0.0380. The summed E-state index contributed by atoms with van der Waals surface area (Å²) in [6.45, 7) is 2.49. The Morgan fingerprint density at radius 3 is 2.03 bits per heavy atom. The zero-order valence-corrected chi connectivity index (χ0v) is 18.0. The molecule has 1 aromatic heterocycles. The van der Waals surface area contributed by atoms with Crippen molar-refractivity contribution in [3.8, 4) is 0 Å². The molecule has 0 bridgehead atoms. The number of carbonyl (C=O) groups excluding carboxylic acids is 6. The summed E-state index contributed by atoms with van der Waals surface area (Å²) in [7, 11) is 0. The molecule has 0 radical (unpaired) electrons. The minimum Gasteiger partial charge on any atom is -0.385 e. The van der Waals surface area contributed by atoms with E-state index in [0.717, 1.165) is 6.92 Å². The van der Waals surface area contributed by atoms with Crippen LogP contribution >= 0.6 is 0 Å². The topological polar surface area (TPSA) is 187 Å². The van der Waals surface area contributed by atoms with Crippen molar-refractivity contribution in [2.75, 3.05) is 0 Å². The van der Waals surface area contributed by atoms with Gasteiger partial charge in [-0.3, -0.25) is 24.2 Å². The molecule has 0 aliphatic heterocycles. The molecule has 0 aliphatic rings. The Morgan fingerprint density at radius 2 is 1.50 bits per heavy atom. The van der Waals surface area contributed by atoms with Crippen LogP contribution in [0.3, 0.4) is 0 Å². The van der Waals surface area contributed by atoms with Gasteiger partial charge in [-0.05, 0) is 31.5 Å². The van der Waals surface area contributed by atoms with Gasteiger partial charge in [-0.25, -0.2) is 9.59 Å².